The van der Waals surface area contributed by atoms with Crippen molar-refractivity contribution in [2.24, 2.45) is 0 Å². The summed E-state index contributed by atoms with van der Waals surface area (Å²) in [5, 5.41) is 0. The molecule has 0 unspecified atom stereocenters. The lowest BCUT2D eigenvalue weighted by Crippen LogP contribution is -2.33. The fourth-order valence-corrected chi connectivity index (χ4v) is 4.51. The lowest BCUT2D eigenvalue weighted by Gasteiger charge is -2.23. The summed E-state index contributed by atoms with van der Waals surface area (Å²) in [6.45, 7) is 3.25. The van der Waals surface area contributed by atoms with E-state index in [4.69, 9.17) is 13.7 Å². The van der Waals surface area contributed by atoms with Crippen LogP contribution in [0.2, 0.25) is 0 Å². The van der Waals surface area contributed by atoms with Gasteiger partial charge in [0.25, 0.3) is 0 Å². The van der Waals surface area contributed by atoms with Gasteiger partial charge in [0.05, 0.1) is 13.7 Å². The van der Waals surface area contributed by atoms with Gasteiger partial charge in [-0.15, -0.1) is 0 Å². The Morgan fingerprint density at radius 2 is 1.63 bits per heavy atom. The van der Waals surface area contributed by atoms with Crippen molar-refractivity contribution >= 4 is 16.0 Å². The number of methoxy groups -OCH3 is 2. The molecular formula is C26H36FNO6S. The molecular weight excluding hydrogens is 473 g/mol. The van der Waals surface area contributed by atoms with Crippen LogP contribution in [0.15, 0.2) is 47.4 Å². The van der Waals surface area contributed by atoms with Crippen LogP contribution in [-0.2, 0) is 26.2 Å². The van der Waals surface area contributed by atoms with Gasteiger partial charge >= 0.3 is 10.1 Å². The Morgan fingerprint density at radius 3 is 2.29 bits per heavy atom. The van der Waals surface area contributed by atoms with Crippen LogP contribution in [0.3, 0.4) is 0 Å². The van der Waals surface area contributed by atoms with Crippen molar-refractivity contribution in [3.8, 4) is 11.5 Å². The van der Waals surface area contributed by atoms with Crippen molar-refractivity contribution in [3.05, 3.63) is 53.8 Å². The van der Waals surface area contributed by atoms with Crippen molar-refractivity contribution in [3.63, 3.8) is 0 Å². The van der Waals surface area contributed by atoms with Gasteiger partial charge in [-0.2, -0.15) is 8.42 Å². The second-order valence-electron chi connectivity index (χ2n) is 8.30. The van der Waals surface area contributed by atoms with Crippen molar-refractivity contribution in [2.75, 3.05) is 27.4 Å². The molecule has 0 fully saturated rings. The summed E-state index contributed by atoms with van der Waals surface area (Å²) >= 11 is 0. The number of hydrogen-bond acceptors (Lipinski definition) is 6. The molecule has 0 heterocycles. The lowest BCUT2D eigenvalue weighted by atomic mass is 10.1. The van der Waals surface area contributed by atoms with E-state index in [1.54, 1.807) is 24.1 Å². The van der Waals surface area contributed by atoms with E-state index in [0.717, 1.165) is 43.5 Å². The molecule has 0 spiro atoms. The van der Waals surface area contributed by atoms with Crippen LogP contribution in [0.1, 0.15) is 57.4 Å². The topological polar surface area (TPSA) is 82.1 Å². The summed E-state index contributed by atoms with van der Waals surface area (Å²) in [5.41, 5.74) is 0.683. The highest BCUT2D eigenvalue weighted by atomic mass is 32.2. The predicted molar refractivity (Wildman–Crippen MR) is 132 cm³/mol. The molecule has 2 aromatic carbocycles. The van der Waals surface area contributed by atoms with Gasteiger partial charge in [0, 0.05) is 26.6 Å². The van der Waals surface area contributed by atoms with Gasteiger partial charge < -0.3 is 18.6 Å². The minimum absolute atomic E-state index is 0.00982. The van der Waals surface area contributed by atoms with E-state index in [-0.39, 0.29) is 28.8 Å². The fourth-order valence-electron chi connectivity index (χ4n) is 3.58. The molecule has 0 aliphatic carbocycles. The standard InChI is InChI=1S/C26H36FNO6S/c1-4-5-6-7-8-9-10-26(29)28(17-18-32-2)20-21-11-16-24(33-3)25(19-21)34-35(30,31)23-14-12-22(27)13-15-23/h11-16,19H,4-10,17-18,20H2,1-3H3. The molecule has 0 bridgehead atoms. The Bertz CT molecular complexity index is 1030. The number of amides is 1. The molecule has 194 valence electrons. The fraction of sp³-hybridized carbons (Fsp3) is 0.500. The largest absolute Gasteiger partial charge is 0.493 e. The molecule has 0 N–H and O–H groups in total. The van der Waals surface area contributed by atoms with Crippen molar-refractivity contribution in [2.45, 2.75) is 63.3 Å². The minimum atomic E-state index is -4.21. The number of ether oxygens (including phenoxy) is 2. The van der Waals surface area contributed by atoms with Crippen LogP contribution in [0.4, 0.5) is 4.39 Å². The number of rotatable bonds is 16. The first kappa shape index (κ1) is 28.6. The van der Waals surface area contributed by atoms with E-state index >= 15 is 0 Å². The van der Waals surface area contributed by atoms with Crippen LogP contribution in [-0.4, -0.2) is 46.6 Å². The third-order valence-corrected chi connectivity index (χ3v) is 6.81. The maximum absolute atomic E-state index is 13.2. The van der Waals surface area contributed by atoms with Crippen molar-refractivity contribution < 1.29 is 31.3 Å². The first-order valence-corrected chi connectivity index (χ1v) is 13.3. The smallest absolute Gasteiger partial charge is 0.339 e. The second kappa shape index (κ2) is 14.7. The van der Waals surface area contributed by atoms with E-state index in [1.165, 1.54) is 32.4 Å². The molecule has 35 heavy (non-hydrogen) atoms. The molecule has 0 aromatic heterocycles. The van der Waals surface area contributed by atoms with Gasteiger partial charge in [-0.25, -0.2) is 4.39 Å². The number of carbonyl (C=O) groups excluding carboxylic acids is 1. The Hall–Kier alpha value is -2.65. The Balaban J connectivity index is 2.13. The summed E-state index contributed by atoms with van der Waals surface area (Å²) in [4.78, 5) is 14.4. The second-order valence-corrected chi connectivity index (χ2v) is 9.85. The molecule has 2 rings (SSSR count). The number of nitrogens with zero attached hydrogens (tertiary/aromatic N) is 1. The third-order valence-electron chi connectivity index (χ3n) is 5.57. The Labute approximate surface area is 208 Å². The first-order valence-electron chi connectivity index (χ1n) is 11.9. The number of benzene rings is 2. The van der Waals surface area contributed by atoms with E-state index in [0.29, 0.717) is 25.1 Å². The van der Waals surface area contributed by atoms with E-state index in [9.17, 15) is 17.6 Å². The molecule has 0 saturated carbocycles. The highest BCUT2D eigenvalue weighted by Gasteiger charge is 2.21. The zero-order chi connectivity index (χ0) is 25.7. The highest BCUT2D eigenvalue weighted by Crippen LogP contribution is 2.31. The number of carbonyl (C=O) groups is 1. The minimum Gasteiger partial charge on any atom is -0.493 e. The van der Waals surface area contributed by atoms with Gasteiger partial charge in [0.15, 0.2) is 11.5 Å². The van der Waals surface area contributed by atoms with Crippen molar-refractivity contribution in [1.29, 1.82) is 0 Å². The van der Waals surface area contributed by atoms with Crippen molar-refractivity contribution in [1.82, 2.24) is 4.90 Å². The summed E-state index contributed by atoms with van der Waals surface area (Å²) in [5.74, 6) is -0.314. The summed E-state index contributed by atoms with van der Waals surface area (Å²) < 4.78 is 54.3. The van der Waals surface area contributed by atoms with Gasteiger partial charge in [-0.3, -0.25) is 4.79 Å². The SMILES string of the molecule is CCCCCCCCC(=O)N(CCOC)Cc1ccc(OC)c(OS(=O)(=O)c2ccc(F)cc2)c1. The molecule has 0 aliphatic rings. The quantitative estimate of drug-likeness (QED) is 0.225. The first-order chi connectivity index (χ1) is 16.8. The number of hydrogen-bond donors (Lipinski definition) is 0. The number of halogens is 1. The van der Waals surface area contributed by atoms with Crippen LogP contribution in [0.5, 0.6) is 11.5 Å². The average Bonchev–Trinajstić information content (AvgIpc) is 2.84. The van der Waals surface area contributed by atoms with Gasteiger partial charge in [0.1, 0.15) is 10.7 Å². The lowest BCUT2D eigenvalue weighted by molar-refractivity contribution is -0.132. The van der Waals surface area contributed by atoms with Gasteiger partial charge in [0.2, 0.25) is 5.91 Å². The van der Waals surface area contributed by atoms with E-state index < -0.39 is 15.9 Å². The molecule has 9 heteroatoms. The maximum atomic E-state index is 13.2. The average molecular weight is 510 g/mol. The molecule has 0 radical (unpaired) electrons. The molecule has 0 aliphatic heterocycles. The molecule has 0 atom stereocenters. The van der Waals surface area contributed by atoms with Crippen LogP contribution in [0, 0.1) is 5.82 Å². The predicted octanol–water partition coefficient (Wildman–Crippen LogP) is 5.33. The van der Waals surface area contributed by atoms with E-state index in [2.05, 4.69) is 6.92 Å². The molecule has 0 saturated heterocycles. The third kappa shape index (κ3) is 9.49. The number of unbranched alkanes of at least 4 members (excludes halogenated alkanes) is 5. The Kier molecular flexibility index (Phi) is 12.0. The summed E-state index contributed by atoms with van der Waals surface area (Å²) in [6, 6.07) is 9.26. The monoisotopic (exact) mass is 509 g/mol. The molecule has 7 nitrogen and oxygen atoms in total. The molecule has 2 aromatic rings. The summed E-state index contributed by atoms with van der Waals surface area (Å²) in [7, 11) is -1.22. The molecule has 1 amide bonds. The van der Waals surface area contributed by atoms with Crippen LogP contribution < -0.4 is 8.92 Å². The zero-order valence-electron chi connectivity index (χ0n) is 20.8. The Morgan fingerprint density at radius 1 is 0.943 bits per heavy atom. The maximum Gasteiger partial charge on any atom is 0.339 e. The summed E-state index contributed by atoms with van der Waals surface area (Å²) in [6.07, 6.45) is 7.02. The highest BCUT2D eigenvalue weighted by molar-refractivity contribution is 7.87. The normalized spacial score (nSPS) is 11.3. The zero-order valence-corrected chi connectivity index (χ0v) is 21.6. The van der Waals surface area contributed by atoms with E-state index in [1.807, 2.05) is 0 Å². The van der Waals surface area contributed by atoms with Gasteiger partial charge in [-0.1, -0.05) is 45.1 Å². The van der Waals surface area contributed by atoms with Gasteiger partial charge in [-0.05, 0) is 48.4 Å². The van der Waals surface area contributed by atoms with Crippen LogP contribution >= 0.6 is 0 Å². The van der Waals surface area contributed by atoms with Crippen LogP contribution in [0.25, 0.3) is 0 Å².